The molecule has 0 radical (unpaired) electrons. The summed E-state index contributed by atoms with van der Waals surface area (Å²) in [5, 5.41) is 0. The summed E-state index contributed by atoms with van der Waals surface area (Å²) >= 11 is 0. The number of hydrogen-bond donors (Lipinski definition) is 0. The Kier molecular flexibility index (Phi) is 4.74. The monoisotopic (exact) mass is 348 g/mol. The van der Waals surface area contributed by atoms with Crippen LogP contribution in [0.25, 0.3) is 5.57 Å². The first kappa shape index (κ1) is 16.8. The van der Waals surface area contributed by atoms with E-state index in [0.717, 1.165) is 36.9 Å². The largest absolute Gasteiger partial charge is 0.445 e. The van der Waals surface area contributed by atoms with Gasteiger partial charge < -0.3 is 4.74 Å². The molecule has 1 aromatic carbocycles. The number of hydrogen-bond acceptors (Lipinski definition) is 3. The van der Waals surface area contributed by atoms with Gasteiger partial charge in [-0.15, -0.1) is 0 Å². The molecular weight excluding hydrogens is 324 g/mol. The fourth-order valence-corrected chi connectivity index (χ4v) is 4.01. The molecule has 2 aromatic rings. The van der Waals surface area contributed by atoms with Crippen molar-refractivity contribution in [2.45, 2.75) is 51.3 Å². The lowest BCUT2D eigenvalue weighted by molar-refractivity contribution is 0.0510. The van der Waals surface area contributed by atoms with Gasteiger partial charge in [0.05, 0.1) is 11.7 Å². The lowest BCUT2D eigenvalue weighted by Crippen LogP contribution is -2.51. The maximum Gasteiger partial charge on any atom is 0.410 e. The highest BCUT2D eigenvalue weighted by Gasteiger charge is 2.38. The van der Waals surface area contributed by atoms with Crippen LogP contribution in [-0.4, -0.2) is 28.1 Å². The van der Waals surface area contributed by atoms with E-state index in [1.807, 2.05) is 47.5 Å². The van der Waals surface area contributed by atoms with Crippen molar-refractivity contribution in [2.75, 3.05) is 0 Å². The molecule has 134 valence electrons. The predicted octanol–water partition coefficient (Wildman–Crippen LogP) is 4.74. The molecule has 0 spiro atoms. The van der Waals surface area contributed by atoms with Gasteiger partial charge in [0.15, 0.2) is 0 Å². The van der Waals surface area contributed by atoms with Gasteiger partial charge in [0.2, 0.25) is 0 Å². The number of carbonyl (C=O) groups excluding carboxylic acids is 1. The molecule has 4 heteroatoms. The third kappa shape index (κ3) is 3.50. The molecule has 2 unspecified atom stereocenters. The number of aromatic nitrogens is 1. The van der Waals surface area contributed by atoms with E-state index in [9.17, 15) is 4.79 Å². The Labute approximate surface area is 154 Å². The summed E-state index contributed by atoms with van der Waals surface area (Å²) in [6.07, 6.45) is 7.92. The number of amides is 1. The topological polar surface area (TPSA) is 42.4 Å². The third-order valence-corrected chi connectivity index (χ3v) is 5.30. The Morgan fingerprint density at radius 3 is 2.85 bits per heavy atom. The zero-order valence-corrected chi connectivity index (χ0v) is 15.1. The minimum absolute atomic E-state index is 0.114. The van der Waals surface area contributed by atoms with Crippen LogP contribution in [0.4, 0.5) is 4.79 Å². The second-order valence-electron chi connectivity index (χ2n) is 7.21. The summed E-state index contributed by atoms with van der Waals surface area (Å²) < 4.78 is 5.61. The average molecular weight is 348 g/mol. The van der Waals surface area contributed by atoms with Crippen LogP contribution < -0.4 is 0 Å². The van der Waals surface area contributed by atoms with E-state index in [-0.39, 0.29) is 18.2 Å². The smallest absolute Gasteiger partial charge is 0.410 e. The summed E-state index contributed by atoms with van der Waals surface area (Å²) in [5.41, 5.74) is 4.53. The van der Waals surface area contributed by atoms with Gasteiger partial charge >= 0.3 is 6.09 Å². The molecule has 2 atom stereocenters. The van der Waals surface area contributed by atoms with Crippen molar-refractivity contribution < 1.29 is 9.53 Å². The molecule has 3 heterocycles. The number of rotatable bonds is 3. The van der Waals surface area contributed by atoms with E-state index in [2.05, 4.69) is 24.1 Å². The second-order valence-corrected chi connectivity index (χ2v) is 7.21. The molecular formula is C22H24N2O2. The van der Waals surface area contributed by atoms with Gasteiger partial charge in [-0.1, -0.05) is 36.4 Å². The lowest BCUT2D eigenvalue weighted by atomic mass is 9.84. The number of aryl methyl sites for hydroxylation is 1. The standard InChI is InChI=1S/C22H24N2O2/c1-16-10-11-23-21(12-16)18-13-19-8-5-9-20(14-18)24(19)22(25)26-15-17-6-3-2-4-7-17/h2-4,6-7,10-13,19-20H,5,8-9,14-15H2,1H3. The fraction of sp³-hybridized carbons (Fsp3) is 0.364. The Morgan fingerprint density at radius 2 is 2.08 bits per heavy atom. The molecule has 0 aliphatic carbocycles. The average Bonchev–Trinajstić information content (AvgIpc) is 2.66. The molecule has 2 aliphatic rings. The van der Waals surface area contributed by atoms with Crippen LogP contribution in [0, 0.1) is 6.92 Å². The Balaban J connectivity index is 1.50. The highest BCUT2D eigenvalue weighted by molar-refractivity contribution is 5.73. The maximum atomic E-state index is 12.7. The molecule has 2 bridgehead atoms. The second kappa shape index (κ2) is 7.32. The molecule has 1 amide bonds. The first-order valence-electron chi connectivity index (χ1n) is 9.33. The predicted molar refractivity (Wildman–Crippen MR) is 101 cm³/mol. The molecule has 1 fully saturated rings. The minimum atomic E-state index is -0.198. The molecule has 4 nitrogen and oxygen atoms in total. The molecule has 0 N–H and O–H groups in total. The van der Waals surface area contributed by atoms with Crippen LogP contribution in [0.1, 0.15) is 42.5 Å². The van der Waals surface area contributed by atoms with Crippen molar-refractivity contribution in [2.24, 2.45) is 0 Å². The third-order valence-electron chi connectivity index (χ3n) is 5.30. The van der Waals surface area contributed by atoms with E-state index in [1.54, 1.807) is 0 Å². The quantitative estimate of drug-likeness (QED) is 0.805. The van der Waals surface area contributed by atoms with Crippen LogP contribution in [0.3, 0.4) is 0 Å². The first-order chi connectivity index (χ1) is 12.7. The first-order valence-corrected chi connectivity index (χ1v) is 9.33. The molecule has 1 aromatic heterocycles. The number of benzene rings is 1. The SMILES string of the molecule is Cc1ccnc(C2=CC3CCCC(C2)N3C(=O)OCc2ccccc2)c1. The van der Waals surface area contributed by atoms with E-state index >= 15 is 0 Å². The summed E-state index contributed by atoms with van der Waals surface area (Å²) in [6, 6.07) is 14.3. The zero-order chi connectivity index (χ0) is 17.9. The summed E-state index contributed by atoms with van der Waals surface area (Å²) in [4.78, 5) is 19.2. The van der Waals surface area contributed by atoms with Gasteiger partial charge in [-0.05, 0) is 61.4 Å². The lowest BCUT2D eigenvalue weighted by Gasteiger charge is -2.44. The van der Waals surface area contributed by atoms with Crippen LogP contribution in [0.2, 0.25) is 0 Å². The Bertz CT molecular complexity index is 816. The number of pyridine rings is 1. The van der Waals surface area contributed by atoms with Crippen LogP contribution in [0.15, 0.2) is 54.7 Å². The molecule has 2 aliphatic heterocycles. The van der Waals surface area contributed by atoms with Crippen molar-refractivity contribution in [3.63, 3.8) is 0 Å². The van der Waals surface area contributed by atoms with Crippen molar-refractivity contribution >= 4 is 11.7 Å². The summed E-state index contributed by atoms with van der Waals surface area (Å²) in [5.74, 6) is 0. The molecule has 0 saturated carbocycles. The zero-order valence-electron chi connectivity index (χ0n) is 15.1. The van der Waals surface area contributed by atoms with Gasteiger partial charge in [-0.2, -0.15) is 0 Å². The Hall–Kier alpha value is -2.62. The Morgan fingerprint density at radius 1 is 1.23 bits per heavy atom. The number of carbonyl (C=O) groups is 1. The normalized spacial score (nSPS) is 21.9. The highest BCUT2D eigenvalue weighted by Crippen LogP contribution is 2.37. The van der Waals surface area contributed by atoms with Crippen molar-refractivity contribution in [3.8, 4) is 0 Å². The number of piperidine rings is 1. The number of nitrogens with zero attached hydrogens (tertiary/aromatic N) is 2. The van der Waals surface area contributed by atoms with Gasteiger partial charge in [-0.3, -0.25) is 9.88 Å². The summed E-state index contributed by atoms with van der Waals surface area (Å²) in [7, 11) is 0. The van der Waals surface area contributed by atoms with E-state index in [0.29, 0.717) is 6.61 Å². The van der Waals surface area contributed by atoms with E-state index in [1.165, 1.54) is 11.1 Å². The maximum absolute atomic E-state index is 12.7. The molecule has 26 heavy (non-hydrogen) atoms. The highest BCUT2D eigenvalue weighted by atomic mass is 16.6. The van der Waals surface area contributed by atoms with Crippen LogP contribution in [-0.2, 0) is 11.3 Å². The van der Waals surface area contributed by atoms with Crippen molar-refractivity contribution in [3.05, 3.63) is 71.6 Å². The van der Waals surface area contributed by atoms with Gasteiger partial charge in [-0.25, -0.2) is 4.79 Å². The van der Waals surface area contributed by atoms with Gasteiger partial charge in [0.1, 0.15) is 6.61 Å². The van der Waals surface area contributed by atoms with Crippen molar-refractivity contribution in [1.82, 2.24) is 9.88 Å². The number of ether oxygens (including phenoxy) is 1. The number of fused-ring (bicyclic) bond motifs is 2. The fourth-order valence-electron chi connectivity index (χ4n) is 4.01. The van der Waals surface area contributed by atoms with E-state index < -0.39 is 0 Å². The molecule has 1 saturated heterocycles. The van der Waals surface area contributed by atoms with E-state index in [4.69, 9.17) is 4.74 Å². The van der Waals surface area contributed by atoms with Crippen LogP contribution >= 0.6 is 0 Å². The van der Waals surface area contributed by atoms with Crippen LogP contribution in [0.5, 0.6) is 0 Å². The van der Waals surface area contributed by atoms with Crippen molar-refractivity contribution in [1.29, 1.82) is 0 Å². The van der Waals surface area contributed by atoms with Gasteiger partial charge in [0.25, 0.3) is 0 Å². The summed E-state index contributed by atoms with van der Waals surface area (Å²) in [6.45, 7) is 2.41. The molecule has 4 rings (SSSR count). The minimum Gasteiger partial charge on any atom is -0.445 e. The van der Waals surface area contributed by atoms with Gasteiger partial charge in [0, 0.05) is 12.2 Å².